The van der Waals surface area contributed by atoms with E-state index in [-0.39, 0.29) is 0 Å². The number of nitrogens with zero attached hydrogens (tertiary/aromatic N) is 1. The summed E-state index contributed by atoms with van der Waals surface area (Å²) in [7, 11) is 0. The Kier molecular flexibility index (Phi) is 3.01. The third-order valence-corrected chi connectivity index (χ3v) is 5.07. The number of phenolic OH excluding ortho intramolecular Hbond substituents is 1. The number of halogens is 1. The average molecular weight is 356 g/mol. The van der Waals surface area contributed by atoms with Gasteiger partial charge in [-0.1, -0.05) is 39.8 Å². The van der Waals surface area contributed by atoms with Crippen LogP contribution in [-0.2, 0) is 0 Å². The van der Waals surface area contributed by atoms with Crippen LogP contribution in [0.25, 0.3) is 10.8 Å². The maximum atomic E-state index is 10.0. The molecular weight excluding hydrogens is 346 g/mol. The van der Waals surface area contributed by atoms with Gasteiger partial charge in [0.1, 0.15) is 10.8 Å². The number of aromatic hydroxyl groups is 1. The molecule has 3 aromatic carbocycles. The molecular formula is C17H10BrNOS. The zero-order chi connectivity index (χ0) is 14.4. The number of thioether (sulfide) groups is 1. The molecule has 1 aliphatic heterocycles. The van der Waals surface area contributed by atoms with Crippen molar-refractivity contribution in [3.8, 4) is 5.75 Å². The van der Waals surface area contributed by atoms with Crippen LogP contribution >= 0.6 is 27.7 Å². The zero-order valence-electron chi connectivity index (χ0n) is 10.9. The monoisotopic (exact) mass is 355 g/mol. The van der Waals surface area contributed by atoms with Crippen molar-refractivity contribution in [1.29, 1.82) is 0 Å². The van der Waals surface area contributed by atoms with E-state index >= 15 is 0 Å². The predicted molar refractivity (Wildman–Crippen MR) is 91.8 cm³/mol. The van der Waals surface area contributed by atoms with Crippen LogP contribution < -0.4 is 0 Å². The Morgan fingerprint density at radius 1 is 0.952 bits per heavy atom. The predicted octanol–water partition coefficient (Wildman–Crippen LogP) is 5.49. The lowest BCUT2D eigenvalue weighted by molar-refractivity contribution is 0.481. The van der Waals surface area contributed by atoms with Crippen LogP contribution in [0, 0.1) is 0 Å². The SMILES string of the molecule is Oc1ccc2c3c(cccc13)SC2=Nc1ccc(Br)cc1. The van der Waals surface area contributed by atoms with Crippen LogP contribution in [0.5, 0.6) is 5.75 Å². The zero-order valence-corrected chi connectivity index (χ0v) is 13.3. The van der Waals surface area contributed by atoms with Crippen molar-refractivity contribution < 1.29 is 5.11 Å². The van der Waals surface area contributed by atoms with Crippen LogP contribution in [0.1, 0.15) is 5.56 Å². The highest BCUT2D eigenvalue weighted by Gasteiger charge is 2.22. The minimum absolute atomic E-state index is 0.320. The van der Waals surface area contributed by atoms with E-state index < -0.39 is 0 Å². The number of aliphatic imine (C=N–C) groups is 1. The smallest absolute Gasteiger partial charge is 0.123 e. The van der Waals surface area contributed by atoms with E-state index in [0.29, 0.717) is 5.75 Å². The van der Waals surface area contributed by atoms with Gasteiger partial charge >= 0.3 is 0 Å². The highest BCUT2D eigenvalue weighted by Crippen LogP contribution is 2.44. The standard InChI is InChI=1S/C17H10BrNOS/c18-10-4-6-11(7-5-10)19-17-13-8-9-14(20)12-2-1-3-15(21-17)16(12)13/h1-9,20H. The summed E-state index contributed by atoms with van der Waals surface area (Å²) in [6.45, 7) is 0. The first-order chi connectivity index (χ1) is 10.2. The van der Waals surface area contributed by atoms with E-state index in [1.54, 1.807) is 17.8 Å². The van der Waals surface area contributed by atoms with Crippen molar-refractivity contribution in [2.24, 2.45) is 4.99 Å². The van der Waals surface area contributed by atoms with Gasteiger partial charge in [-0.15, -0.1) is 0 Å². The van der Waals surface area contributed by atoms with Crippen molar-refractivity contribution in [2.75, 3.05) is 0 Å². The van der Waals surface area contributed by atoms with E-state index in [2.05, 4.69) is 22.0 Å². The van der Waals surface area contributed by atoms with E-state index in [4.69, 9.17) is 4.99 Å². The highest BCUT2D eigenvalue weighted by atomic mass is 79.9. The topological polar surface area (TPSA) is 32.6 Å². The summed E-state index contributed by atoms with van der Waals surface area (Å²) in [5.74, 6) is 0.320. The maximum Gasteiger partial charge on any atom is 0.123 e. The van der Waals surface area contributed by atoms with Gasteiger partial charge in [0.2, 0.25) is 0 Å². The van der Waals surface area contributed by atoms with E-state index in [9.17, 15) is 5.11 Å². The first-order valence-corrected chi connectivity index (χ1v) is 8.10. The molecule has 0 amide bonds. The fraction of sp³-hybridized carbons (Fsp3) is 0. The molecule has 0 radical (unpaired) electrons. The fourth-order valence-electron chi connectivity index (χ4n) is 2.50. The van der Waals surface area contributed by atoms with Crippen molar-refractivity contribution in [3.05, 3.63) is 64.6 Å². The summed E-state index contributed by atoms with van der Waals surface area (Å²) in [5.41, 5.74) is 2.01. The lowest BCUT2D eigenvalue weighted by Gasteiger charge is -2.02. The molecule has 0 atom stereocenters. The summed E-state index contributed by atoms with van der Waals surface area (Å²) in [4.78, 5) is 5.89. The van der Waals surface area contributed by atoms with Crippen molar-refractivity contribution in [1.82, 2.24) is 0 Å². The van der Waals surface area contributed by atoms with Gasteiger partial charge in [-0.3, -0.25) is 0 Å². The Morgan fingerprint density at radius 3 is 2.57 bits per heavy atom. The summed E-state index contributed by atoms with van der Waals surface area (Å²) >= 11 is 5.08. The minimum atomic E-state index is 0.320. The first kappa shape index (κ1) is 12.9. The molecule has 4 rings (SSSR count). The van der Waals surface area contributed by atoms with Crippen LogP contribution in [-0.4, -0.2) is 10.2 Å². The van der Waals surface area contributed by atoms with Gasteiger partial charge in [-0.2, -0.15) is 0 Å². The first-order valence-electron chi connectivity index (χ1n) is 6.49. The molecule has 1 aliphatic rings. The van der Waals surface area contributed by atoms with Gasteiger partial charge in [-0.25, -0.2) is 4.99 Å². The van der Waals surface area contributed by atoms with Crippen molar-refractivity contribution in [2.45, 2.75) is 4.90 Å². The van der Waals surface area contributed by atoms with Crippen LogP contribution in [0.2, 0.25) is 0 Å². The number of phenols is 1. The Bertz CT molecular complexity index is 887. The molecule has 0 saturated carbocycles. The Morgan fingerprint density at radius 2 is 1.76 bits per heavy atom. The number of hydrogen-bond acceptors (Lipinski definition) is 3. The van der Waals surface area contributed by atoms with Gasteiger partial charge in [0.05, 0.1) is 5.69 Å². The number of benzene rings is 3. The van der Waals surface area contributed by atoms with Crippen molar-refractivity contribution in [3.63, 3.8) is 0 Å². The summed E-state index contributed by atoms with van der Waals surface area (Å²) in [6.07, 6.45) is 0. The summed E-state index contributed by atoms with van der Waals surface area (Å²) in [6, 6.07) is 17.6. The molecule has 1 N–H and O–H groups in total. The Hall–Kier alpha value is -1.78. The molecule has 3 aromatic rings. The van der Waals surface area contributed by atoms with Gasteiger partial charge in [-0.05, 0) is 42.5 Å². The molecule has 1 heterocycles. The molecule has 0 fully saturated rings. The lowest BCUT2D eigenvalue weighted by atomic mass is 10.0. The Balaban J connectivity index is 1.90. The molecule has 2 nitrogen and oxygen atoms in total. The average Bonchev–Trinajstić information content (AvgIpc) is 2.84. The van der Waals surface area contributed by atoms with Gasteiger partial charge in [0.25, 0.3) is 0 Å². The lowest BCUT2D eigenvalue weighted by Crippen LogP contribution is -1.89. The van der Waals surface area contributed by atoms with E-state index in [1.807, 2.05) is 42.5 Å². The second-order valence-corrected chi connectivity index (χ2v) is 6.75. The normalized spacial score (nSPS) is 15.0. The van der Waals surface area contributed by atoms with Gasteiger partial charge in [0, 0.05) is 25.7 Å². The van der Waals surface area contributed by atoms with Gasteiger partial charge < -0.3 is 5.11 Å². The molecule has 0 unspecified atom stereocenters. The number of rotatable bonds is 1. The molecule has 0 bridgehead atoms. The van der Waals surface area contributed by atoms with Crippen molar-refractivity contribution >= 4 is 49.2 Å². The second kappa shape index (κ2) is 4.90. The molecule has 0 spiro atoms. The van der Waals surface area contributed by atoms with Crippen LogP contribution in [0.4, 0.5) is 5.69 Å². The van der Waals surface area contributed by atoms with Gasteiger partial charge in [0.15, 0.2) is 0 Å². The second-order valence-electron chi connectivity index (χ2n) is 4.81. The third kappa shape index (κ3) is 2.15. The molecule has 21 heavy (non-hydrogen) atoms. The molecule has 0 aromatic heterocycles. The van der Waals surface area contributed by atoms with E-state index in [1.165, 1.54) is 0 Å². The van der Waals surface area contributed by atoms with E-state index in [0.717, 1.165) is 36.4 Å². The number of hydrogen-bond donors (Lipinski definition) is 1. The largest absolute Gasteiger partial charge is 0.507 e. The fourth-order valence-corrected chi connectivity index (χ4v) is 3.87. The summed E-state index contributed by atoms with van der Waals surface area (Å²) < 4.78 is 1.04. The summed E-state index contributed by atoms with van der Waals surface area (Å²) in [5, 5.41) is 13.0. The maximum absolute atomic E-state index is 10.0. The molecule has 102 valence electrons. The molecule has 0 saturated heterocycles. The molecule has 4 heteroatoms. The van der Waals surface area contributed by atoms with Crippen LogP contribution in [0.3, 0.4) is 0 Å². The quantitative estimate of drug-likeness (QED) is 0.625. The minimum Gasteiger partial charge on any atom is -0.507 e. The highest BCUT2D eigenvalue weighted by molar-refractivity contribution is 9.10. The third-order valence-electron chi connectivity index (χ3n) is 3.47. The Labute approximate surface area is 134 Å². The molecule has 0 aliphatic carbocycles. The van der Waals surface area contributed by atoms with Crippen LogP contribution in [0.15, 0.2) is 69.0 Å².